The number of aliphatic imine (C=N–C) groups is 1. The van der Waals surface area contributed by atoms with Gasteiger partial charge in [-0.05, 0) is 18.9 Å². The van der Waals surface area contributed by atoms with Crippen LogP contribution in [0.3, 0.4) is 0 Å². The van der Waals surface area contributed by atoms with Crippen LogP contribution in [-0.4, -0.2) is 75.2 Å². The molecule has 1 atom stereocenters. The van der Waals surface area contributed by atoms with Crippen LogP contribution in [0.15, 0.2) is 4.99 Å². The van der Waals surface area contributed by atoms with E-state index in [4.69, 9.17) is 0 Å². The molecule has 0 aromatic heterocycles. The van der Waals surface area contributed by atoms with E-state index in [0.717, 1.165) is 19.0 Å². The van der Waals surface area contributed by atoms with Crippen molar-refractivity contribution < 1.29 is 0 Å². The highest BCUT2D eigenvalue weighted by Gasteiger charge is 2.17. The SMILES string of the molecule is CCCCCCNC(=NC)NCC(C)CN1CCN(CC)CC1.I. The Bertz CT molecular complexity index is 317. The highest BCUT2D eigenvalue weighted by atomic mass is 127. The van der Waals surface area contributed by atoms with Gasteiger partial charge in [0.15, 0.2) is 5.96 Å². The zero-order valence-electron chi connectivity index (χ0n) is 16.3. The molecule has 1 heterocycles. The molecule has 1 unspecified atom stereocenters. The van der Waals surface area contributed by atoms with Crippen LogP contribution < -0.4 is 10.6 Å². The first-order valence-electron chi connectivity index (χ1n) is 9.58. The first-order chi connectivity index (χ1) is 11.2. The lowest BCUT2D eigenvalue weighted by Gasteiger charge is -2.35. The van der Waals surface area contributed by atoms with Gasteiger partial charge in [0.05, 0.1) is 0 Å². The summed E-state index contributed by atoms with van der Waals surface area (Å²) < 4.78 is 0. The van der Waals surface area contributed by atoms with Crippen molar-refractivity contribution in [2.24, 2.45) is 10.9 Å². The third-order valence-electron chi connectivity index (χ3n) is 4.65. The predicted octanol–water partition coefficient (Wildman–Crippen LogP) is 2.62. The van der Waals surface area contributed by atoms with E-state index >= 15 is 0 Å². The Morgan fingerprint density at radius 3 is 2.25 bits per heavy atom. The predicted molar refractivity (Wildman–Crippen MR) is 117 cm³/mol. The Labute approximate surface area is 167 Å². The van der Waals surface area contributed by atoms with Gasteiger partial charge in [-0.3, -0.25) is 4.99 Å². The third-order valence-corrected chi connectivity index (χ3v) is 4.65. The first kappa shape index (κ1) is 23.9. The highest BCUT2D eigenvalue weighted by Crippen LogP contribution is 2.05. The van der Waals surface area contributed by atoms with E-state index in [9.17, 15) is 0 Å². The standard InChI is InChI=1S/C18H39N5.HI/c1-5-7-8-9-10-20-18(19-4)21-15-17(3)16-23-13-11-22(6-2)12-14-23;/h17H,5-16H2,1-4H3,(H2,19,20,21);1H. The summed E-state index contributed by atoms with van der Waals surface area (Å²) >= 11 is 0. The summed E-state index contributed by atoms with van der Waals surface area (Å²) in [6.45, 7) is 16.1. The van der Waals surface area contributed by atoms with Gasteiger partial charge in [-0.2, -0.15) is 0 Å². The molecule has 0 saturated carbocycles. The van der Waals surface area contributed by atoms with Crippen LogP contribution in [0.4, 0.5) is 0 Å². The molecular formula is C18H40IN5. The average Bonchev–Trinajstić information content (AvgIpc) is 2.58. The van der Waals surface area contributed by atoms with Gasteiger partial charge in [0.25, 0.3) is 0 Å². The quantitative estimate of drug-likeness (QED) is 0.231. The summed E-state index contributed by atoms with van der Waals surface area (Å²) in [5.41, 5.74) is 0. The molecule has 1 rings (SSSR count). The zero-order chi connectivity index (χ0) is 16.9. The van der Waals surface area contributed by atoms with Crippen LogP contribution in [0.1, 0.15) is 46.5 Å². The normalized spacial score (nSPS) is 18.1. The van der Waals surface area contributed by atoms with Gasteiger partial charge >= 0.3 is 0 Å². The topological polar surface area (TPSA) is 42.9 Å². The largest absolute Gasteiger partial charge is 0.356 e. The van der Waals surface area contributed by atoms with E-state index in [1.807, 2.05) is 7.05 Å². The summed E-state index contributed by atoms with van der Waals surface area (Å²) in [5, 5.41) is 6.89. The molecule has 24 heavy (non-hydrogen) atoms. The smallest absolute Gasteiger partial charge is 0.190 e. The number of hydrogen-bond acceptors (Lipinski definition) is 3. The van der Waals surface area contributed by atoms with Crippen molar-refractivity contribution >= 4 is 29.9 Å². The summed E-state index contributed by atoms with van der Waals surface area (Å²) in [6.07, 6.45) is 5.15. The minimum absolute atomic E-state index is 0. The van der Waals surface area contributed by atoms with Crippen LogP contribution in [0.2, 0.25) is 0 Å². The van der Waals surface area contributed by atoms with E-state index in [2.05, 4.69) is 46.2 Å². The second-order valence-corrected chi connectivity index (χ2v) is 6.78. The van der Waals surface area contributed by atoms with Crippen molar-refractivity contribution in [3.8, 4) is 0 Å². The van der Waals surface area contributed by atoms with Gasteiger partial charge in [0.2, 0.25) is 0 Å². The molecule has 1 aliphatic heterocycles. The number of unbranched alkanes of at least 4 members (excludes halogenated alkanes) is 3. The lowest BCUT2D eigenvalue weighted by molar-refractivity contribution is 0.124. The molecular weight excluding hydrogens is 413 g/mol. The molecule has 5 nitrogen and oxygen atoms in total. The van der Waals surface area contributed by atoms with E-state index in [1.54, 1.807) is 0 Å². The van der Waals surface area contributed by atoms with Crippen LogP contribution in [0, 0.1) is 5.92 Å². The lowest BCUT2D eigenvalue weighted by atomic mass is 10.1. The molecule has 0 spiro atoms. The molecule has 2 N–H and O–H groups in total. The van der Waals surface area contributed by atoms with Crippen molar-refractivity contribution in [3.63, 3.8) is 0 Å². The van der Waals surface area contributed by atoms with Crippen LogP contribution >= 0.6 is 24.0 Å². The maximum atomic E-state index is 4.32. The Kier molecular flexibility index (Phi) is 15.1. The van der Waals surface area contributed by atoms with Crippen molar-refractivity contribution in [3.05, 3.63) is 0 Å². The van der Waals surface area contributed by atoms with Crippen LogP contribution in [0.25, 0.3) is 0 Å². The van der Waals surface area contributed by atoms with E-state index in [0.29, 0.717) is 5.92 Å². The molecule has 0 aromatic carbocycles. The van der Waals surface area contributed by atoms with Gasteiger partial charge in [-0.1, -0.05) is 40.0 Å². The Morgan fingerprint density at radius 1 is 1.00 bits per heavy atom. The second kappa shape index (κ2) is 15.2. The molecule has 0 bridgehead atoms. The molecule has 1 fully saturated rings. The Morgan fingerprint density at radius 2 is 1.67 bits per heavy atom. The number of hydrogen-bond donors (Lipinski definition) is 2. The van der Waals surface area contributed by atoms with Crippen molar-refractivity contribution in [1.82, 2.24) is 20.4 Å². The van der Waals surface area contributed by atoms with Crippen LogP contribution in [-0.2, 0) is 0 Å². The lowest BCUT2D eigenvalue weighted by Crippen LogP contribution is -2.48. The molecule has 0 radical (unpaired) electrons. The molecule has 0 aliphatic carbocycles. The van der Waals surface area contributed by atoms with E-state index in [-0.39, 0.29) is 24.0 Å². The maximum absolute atomic E-state index is 4.32. The third kappa shape index (κ3) is 10.7. The maximum Gasteiger partial charge on any atom is 0.190 e. The fraction of sp³-hybridized carbons (Fsp3) is 0.944. The summed E-state index contributed by atoms with van der Waals surface area (Å²) in [6, 6.07) is 0. The Hall–Kier alpha value is -0.0800. The fourth-order valence-electron chi connectivity index (χ4n) is 3.04. The van der Waals surface area contributed by atoms with Crippen molar-refractivity contribution in [2.45, 2.75) is 46.5 Å². The monoisotopic (exact) mass is 453 g/mol. The second-order valence-electron chi connectivity index (χ2n) is 6.78. The molecule has 1 aliphatic rings. The highest BCUT2D eigenvalue weighted by molar-refractivity contribution is 14.0. The molecule has 0 aromatic rings. The first-order valence-corrected chi connectivity index (χ1v) is 9.58. The molecule has 1 saturated heterocycles. The number of halogens is 1. The molecule has 0 amide bonds. The summed E-state index contributed by atoms with van der Waals surface area (Å²) in [4.78, 5) is 9.45. The van der Waals surface area contributed by atoms with Crippen molar-refractivity contribution in [2.75, 3.05) is 59.4 Å². The summed E-state index contributed by atoms with van der Waals surface area (Å²) in [7, 11) is 1.86. The number of guanidine groups is 1. The van der Waals surface area contributed by atoms with Gasteiger partial charge < -0.3 is 20.4 Å². The number of piperazine rings is 1. The van der Waals surface area contributed by atoms with Gasteiger partial charge in [0, 0.05) is 52.9 Å². The summed E-state index contributed by atoms with van der Waals surface area (Å²) in [5.74, 6) is 1.59. The fourth-order valence-corrected chi connectivity index (χ4v) is 3.04. The number of rotatable bonds is 10. The van der Waals surface area contributed by atoms with Crippen LogP contribution in [0.5, 0.6) is 0 Å². The zero-order valence-corrected chi connectivity index (χ0v) is 18.6. The van der Waals surface area contributed by atoms with Gasteiger partial charge in [-0.25, -0.2) is 0 Å². The number of nitrogens with zero attached hydrogens (tertiary/aromatic N) is 3. The minimum atomic E-state index is 0. The van der Waals surface area contributed by atoms with Gasteiger partial charge in [-0.15, -0.1) is 24.0 Å². The number of likely N-dealkylation sites (N-methyl/N-ethyl adjacent to an activating group) is 1. The number of nitrogens with one attached hydrogen (secondary N) is 2. The van der Waals surface area contributed by atoms with Crippen molar-refractivity contribution in [1.29, 1.82) is 0 Å². The van der Waals surface area contributed by atoms with E-state index in [1.165, 1.54) is 65.0 Å². The molecule has 6 heteroatoms. The Balaban J connectivity index is 0.00000529. The average molecular weight is 453 g/mol. The van der Waals surface area contributed by atoms with Gasteiger partial charge in [0.1, 0.15) is 0 Å². The van der Waals surface area contributed by atoms with E-state index < -0.39 is 0 Å². The molecule has 144 valence electrons. The minimum Gasteiger partial charge on any atom is -0.356 e.